The molecule has 9 heteroatoms. The normalized spacial score (nSPS) is 22.3. The van der Waals surface area contributed by atoms with Gasteiger partial charge < -0.3 is 25.4 Å². The van der Waals surface area contributed by atoms with Crippen LogP contribution in [-0.2, 0) is 21.2 Å². The van der Waals surface area contributed by atoms with Crippen LogP contribution in [0.3, 0.4) is 0 Å². The lowest BCUT2D eigenvalue weighted by Gasteiger charge is -2.25. The van der Waals surface area contributed by atoms with Crippen molar-refractivity contribution in [1.29, 1.82) is 0 Å². The first-order chi connectivity index (χ1) is 16.3. The number of ether oxygens (including phenoxy) is 2. The van der Waals surface area contributed by atoms with Gasteiger partial charge in [0.25, 0.3) is 0 Å². The molecule has 3 unspecified atom stereocenters. The van der Waals surface area contributed by atoms with E-state index in [0.717, 1.165) is 31.5 Å². The van der Waals surface area contributed by atoms with Crippen molar-refractivity contribution in [2.45, 2.75) is 61.2 Å². The summed E-state index contributed by atoms with van der Waals surface area (Å²) in [5.41, 5.74) is 0.822. The molecule has 3 N–H and O–H groups in total. The highest BCUT2D eigenvalue weighted by Gasteiger charge is 2.38. The minimum Gasteiger partial charge on any atom is -0.495 e. The molecule has 2 saturated heterocycles. The van der Waals surface area contributed by atoms with Crippen LogP contribution < -0.4 is 25.4 Å². The third-order valence-electron chi connectivity index (χ3n) is 6.37. The van der Waals surface area contributed by atoms with Gasteiger partial charge in [-0.05, 0) is 75.5 Å². The average molecular weight is 488 g/mol. The van der Waals surface area contributed by atoms with Crippen LogP contribution >= 0.6 is 0 Å². The van der Waals surface area contributed by atoms with E-state index in [1.165, 1.54) is 7.11 Å². The highest BCUT2D eigenvalue weighted by molar-refractivity contribution is 7.91. The number of piperidine rings is 1. The number of sulfone groups is 1. The molecule has 8 nitrogen and oxygen atoms in total. The van der Waals surface area contributed by atoms with Crippen LogP contribution in [0.2, 0.25) is 0 Å². The van der Waals surface area contributed by atoms with Crippen molar-refractivity contribution in [1.82, 2.24) is 16.0 Å². The maximum Gasteiger partial charge on any atom is 0.237 e. The highest BCUT2D eigenvalue weighted by Crippen LogP contribution is 2.37. The predicted octanol–water partition coefficient (Wildman–Crippen LogP) is 2.27. The Kier molecular flexibility index (Phi) is 7.45. The average Bonchev–Trinajstić information content (AvgIpc) is 3.26. The molecule has 0 spiro atoms. The number of hydrogen-bond donors (Lipinski definition) is 3. The zero-order valence-electron chi connectivity index (χ0n) is 19.8. The number of benzene rings is 2. The molecule has 3 atom stereocenters. The van der Waals surface area contributed by atoms with Crippen LogP contribution in [0.25, 0.3) is 0 Å². The van der Waals surface area contributed by atoms with E-state index in [9.17, 15) is 13.2 Å². The first-order valence-corrected chi connectivity index (χ1v) is 13.2. The minimum atomic E-state index is -3.88. The molecule has 0 saturated carbocycles. The van der Waals surface area contributed by atoms with Gasteiger partial charge in [-0.2, -0.15) is 0 Å². The molecule has 2 heterocycles. The van der Waals surface area contributed by atoms with Gasteiger partial charge in [0, 0.05) is 12.6 Å². The summed E-state index contributed by atoms with van der Waals surface area (Å²) in [7, 11) is -2.45. The molecule has 0 aromatic heterocycles. The number of amides is 1. The van der Waals surface area contributed by atoms with Gasteiger partial charge in [-0.15, -0.1) is 0 Å². The summed E-state index contributed by atoms with van der Waals surface area (Å²) < 4.78 is 38.0. The molecule has 4 rings (SSSR count). The Morgan fingerprint density at radius 1 is 1.15 bits per heavy atom. The second kappa shape index (κ2) is 10.3. The molecular formula is C25H33N3O5S. The molecule has 2 aromatic rings. The molecule has 2 aliphatic rings. The molecule has 2 aromatic carbocycles. The van der Waals surface area contributed by atoms with Gasteiger partial charge in [0.05, 0.1) is 24.2 Å². The Morgan fingerprint density at radius 2 is 1.88 bits per heavy atom. The topological polar surface area (TPSA) is 106 Å². The highest BCUT2D eigenvalue weighted by atomic mass is 32.2. The standard InChI is InChI=1S/C25H33N3O5S/c1-16(2)33-23-6-4-5-22(32-3)24(23)34(30,31)19-9-7-17(8-10-19)14-27-25(29)21-13-18-15-26-12-11-20(18)28-21/h4-10,16,18,20-21,26,28H,11-15H2,1-3H3,(H,27,29). The largest absolute Gasteiger partial charge is 0.495 e. The van der Waals surface area contributed by atoms with E-state index in [1.54, 1.807) is 42.5 Å². The van der Waals surface area contributed by atoms with E-state index in [0.29, 0.717) is 18.5 Å². The van der Waals surface area contributed by atoms with E-state index in [2.05, 4.69) is 16.0 Å². The number of nitrogens with one attached hydrogen (secondary N) is 3. The second-order valence-corrected chi connectivity index (χ2v) is 11.0. The molecule has 2 aliphatic heterocycles. The molecule has 0 bridgehead atoms. The lowest BCUT2D eigenvalue weighted by Crippen LogP contribution is -2.45. The summed E-state index contributed by atoms with van der Waals surface area (Å²) in [6.07, 6.45) is 1.68. The molecule has 1 amide bonds. The van der Waals surface area contributed by atoms with Crippen LogP contribution in [0.1, 0.15) is 32.3 Å². The number of methoxy groups -OCH3 is 1. The van der Waals surface area contributed by atoms with Crippen molar-refractivity contribution in [3.63, 3.8) is 0 Å². The SMILES string of the molecule is COc1cccc(OC(C)C)c1S(=O)(=O)c1ccc(CNC(=O)C2CC3CNCCC3N2)cc1. The van der Waals surface area contributed by atoms with Crippen LogP contribution in [0.4, 0.5) is 0 Å². The summed E-state index contributed by atoms with van der Waals surface area (Å²) >= 11 is 0. The smallest absolute Gasteiger partial charge is 0.237 e. The Morgan fingerprint density at radius 3 is 2.56 bits per heavy atom. The van der Waals surface area contributed by atoms with E-state index in [1.807, 2.05) is 13.8 Å². The number of hydrogen-bond acceptors (Lipinski definition) is 7. The monoisotopic (exact) mass is 487 g/mol. The third kappa shape index (κ3) is 5.21. The van der Waals surface area contributed by atoms with Gasteiger partial charge in [0.15, 0.2) is 4.90 Å². The maximum absolute atomic E-state index is 13.4. The van der Waals surface area contributed by atoms with Crippen molar-refractivity contribution in [2.24, 2.45) is 5.92 Å². The van der Waals surface area contributed by atoms with Crippen molar-refractivity contribution >= 4 is 15.7 Å². The van der Waals surface area contributed by atoms with E-state index in [4.69, 9.17) is 9.47 Å². The molecule has 0 radical (unpaired) electrons. The van der Waals surface area contributed by atoms with Gasteiger partial charge in [0.2, 0.25) is 15.7 Å². The molecular weight excluding hydrogens is 454 g/mol. The van der Waals surface area contributed by atoms with Gasteiger partial charge in [0.1, 0.15) is 11.5 Å². The first-order valence-electron chi connectivity index (χ1n) is 11.7. The predicted molar refractivity (Wildman–Crippen MR) is 129 cm³/mol. The molecule has 2 fully saturated rings. The number of fused-ring (bicyclic) bond motifs is 1. The fourth-order valence-electron chi connectivity index (χ4n) is 4.69. The quantitative estimate of drug-likeness (QED) is 0.525. The molecule has 184 valence electrons. The Bertz CT molecular complexity index is 1100. The van der Waals surface area contributed by atoms with Gasteiger partial charge in [-0.25, -0.2) is 8.42 Å². The summed E-state index contributed by atoms with van der Waals surface area (Å²) in [6, 6.07) is 11.7. The number of carbonyl (C=O) groups is 1. The van der Waals surface area contributed by atoms with Crippen LogP contribution in [0, 0.1) is 5.92 Å². The van der Waals surface area contributed by atoms with E-state index >= 15 is 0 Å². The van der Waals surface area contributed by atoms with Crippen LogP contribution in [0.15, 0.2) is 52.3 Å². The number of rotatable bonds is 8. The van der Waals surface area contributed by atoms with Gasteiger partial charge >= 0.3 is 0 Å². The Labute approximate surface area is 201 Å². The van der Waals surface area contributed by atoms with Gasteiger partial charge in [-0.1, -0.05) is 18.2 Å². The minimum absolute atomic E-state index is 0.00974. The van der Waals surface area contributed by atoms with Crippen LogP contribution in [-0.4, -0.2) is 52.7 Å². The zero-order chi connectivity index (χ0) is 24.3. The summed E-state index contributed by atoms with van der Waals surface area (Å²) in [5.74, 6) is 0.962. The van der Waals surface area contributed by atoms with E-state index < -0.39 is 9.84 Å². The first kappa shape index (κ1) is 24.5. The fourth-order valence-corrected chi connectivity index (χ4v) is 6.21. The van der Waals surface area contributed by atoms with Crippen molar-refractivity contribution in [2.75, 3.05) is 20.2 Å². The zero-order valence-corrected chi connectivity index (χ0v) is 20.7. The maximum atomic E-state index is 13.4. The second-order valence-electron chi connectivity index (χ2n) is 9.13. The molecule has 34 heavy (non-hydrogen) atoms. The lowest BCUT2D eigenvalue weighted by atomic mass is 9.94. The van der Waals surface area contributed by atoms with Crippen LogP contribution in [0.5, 0.6) is 11.5 Å². The summed E-state index contributed by atoms with van der Waals surface area (Å²) in [6.45, 7) is 5.95. The molecule has 0 aliphatic carbocycles. The summed E-state index contributed by atoms with van der Waals surface area (Å²) in [5, 5.41) is 9.81. The van der Waals surface area contributed by atoms with Crippen molar-refractivity contribution < 1.29 is 22.7 Å². The summed E-state index contributed by atoms with van der Waals surface area (Å²) in [4.78, 5) is 12.8. The fraction of sp³-hybridized carbons (Fsp3) is 0.480. The third-order valence-corrected chi connectivity index (χ3v) is 8.20. The Balaban J connectivity index is 1.45. The van der Waals surface area contributed by atoms with Crippen molar-refractivity contribution in [3.8, 4) is 11.5 Å². The Hall–Kier alpha value is -2.62. The van der Waals surface area contributed by atoms with E-state index in [-0.39, 0.29) is 39.3 Å². The van der Waals surface area contributed by atoms with Crippen molar-refractivity contribution in [3.05, 3.63) is 48.0 Å². The van der Waals surface area contributed by atoms with Gasteiger partial charge in [-0.3, -0.25) is 4.79 Å². The number of carbonyl (C=O) groups excluding carboxylic acids is 1. The lowest BCUT2D eigenvalue weighted by molar-refractivity contribution is -0.123.